The molecule has 0 amide bonds. The molecule has 0 radical (unpaired) electrons. The van der Waals surface area contributed by atoms with Gasteiger partial charge in [0.2, 0.25) is 0 Å². The van der Waals surface area contributed by atoms with Gasteiger partial charge in [-0.05, 0) is 31.7 Å². The molecule has 0 spiro atoms. The van der Waals surface area contributed by atoms with Gasteiger partial charge in [0.1, 0.15) is 0 Å². The van der Waals surface area contributed by atoms with Crippen LogP contribution in [0.3, 0.4) is 0 Å². The average molecular weight is 197 g/mol. The second-order valence-corrected chi connectivity index (χ2v) is 4.81. The first-order valence-corrected chi connectivity index (χ1v) is 6.60. The van der Waals surface area contributed by atoms with E-state index >= 15 is 0 Å². The van der Waals surface area contributed by atoms with Gasteiger partial charge in [0.15, 0.2) is 0 Å². The Hall–Kier alpha value is -0.0400. The Kier molecular flexibility index (Phi) is 6.25. The summed E-state index contributed by atoms with van der Waals surface area (Å²) in [5.41, 5.74) is 0. The summed E-state index contributed by atoms with van der Waals surface area (Å²) in [6.45, 7) is 5.84. The van der Waals surface area contributed by atoms with Crippen LogP contribution in [0, 0.1) is 5.92 Å². The van der Waals surface area contributed by atoms with Crippen molar-refractivity contribution in [2.45, 2.75) is 71.3 Å². The Bertz CT molecular complexity index is 123. The summed E-state index contributed by atoms with van der Waals surface area (Å²) in [6.07, 6.45) is 11.3. The van der Waals surface area contributed by atoms with Gasteiger partial charge >= 0.3 is 0 Å². The zero-order valence-electron chi connectivity index (χ0n) is 10.0. The van der Waals surface area contributed by atoms with Gasteiger partial charge in [-0.25, -0.2) is 0 Å². The standard InChI is InChI=1S/C13H27N/c1-3-6-13(7-4-2)14-11-10-12-8-5-9-12/h12-14H,3-11H2,1-2H3. The van der Waals surface area contributed by atoms with Gasteiger partial charge in [-0.1, -0.05) is 46.0 Å². The molecule has 1 saturated carbocycles. The summed E-state index contributed by atoms with van der Waals surface area (Å²) in [5.74, 6) is 1.06. The van der Waals surface area contributed by atoms with Gasteiger partial charge in [-0.15, -0.1) is 0 Å². The molecule has 0 heterocycles. The molecule has 0 unspecified atom stereocenters. The first-order valence-electron chi connectivity index (χ1n) is 6.60. The Morgan fingerprint density at radius 1 is 1.14 bits per heavy atom. The van der Waals surface area contributed by atoms with Gasteiger partial charge in [0, 0.05) is 6.04 Å². The third-order valence-corrected chi connectivity index (χ3v) is 3.48. The molecule has 1 rings (SSSR count). The molecule has 14 heavy (non-hydrogen) atoms. The topological polar surface area (TPSA) is 12.0 Å². The Balaban J connectivity index is 1.99. The molecular weight excluding hydrogens is 170 g/mol. The van der Waals surface area contributed by atoms with Crippen LogP contribution in [0.15, 0.2) is 0 Å². The van der Waals surface area contributed by atoms with Crippen molar-refractivity contribution >= 4 is 0 Å². The number of hydrogen-bond acceptors (Lipinski definition) is 1. The van der Waals surface area contributed by atoms with E-state index in [1.807, 2.05) is 0 Å². The van der Waals surface area contributed by atoms with Crippen molar-refractivity contribution in [3.8, 4) is 0 Å². The summed E-state index contributed by atoms with van der Waals surface area (Å²) in [5, 5.41) is 3.72. The minimum Gasteiger partial charge on any atom is -0.314 e. The first kappa shape index (κ1) is 12.0. The summed E-state index contributed by atoms with van der Waals surface area (Å²) in [7, 11) is 0. The van der Waals surface area contributed by atoms with Gasteiger partial charge in [0.05, 0.1) is 0 Å². The molecule has 1 aliphatic carbocycles. The number of nitrogens with one attached hydrogen (secondary N) is 1. The van der Waals surface area contributed by atoms with Crippen LogP contribution in [-0.4, -0.2) is 12.6 Å². The lowest BCUT2D eigenvalue weighted by molar-refractivity contribution is 0.284. The normalized spacial score (nSPS) is 17.4. The van der Waals surface area contributed by atoms with Gasteiger partial charge < -0.3 is 5.32 Å². The smallest absolute Gasteiger partial charge is 0.00668 e. The van der Waals surface area contributed by atoms with Crippen LogP contribution in [0.4, 0.5) is 0 Å². The third-order valence-electron chi connectivity index (χ3n) is 3.48. The monoisotopic (exact) mass is 197 g/mol. The van der Waals surface area contributed by atoms with Crippen molar-refractivity contribution in [1.82, 2.24) is 5.32 Å². The fourth-order valence-electron chi connectivity index (χ4n) is 2.32. The van der Waals surface area contributed by atoms with Crippen LogP contribution in [-0.2, 0) is 0 Å². The molecule has 1 nitrogen and oxygen atoms in total. The zero-order valence-corrected chi connectivity index (χ0v) is 10.0. The van der Waals surface area contributed by atoms with Crippen LogP contribution >= 0.6 is 0 Å². The maximum Gasteiger partial charge on any atom is 0.00668 e. The fourth-order valence-corrected chi connectivity index (χ4v) is 2.32. The zero-order chi connectivity index (χ0) is 10.2. The minimum absolute atomic E-state index is 0.796. The summed E-state index contributed by atoms with van der Waals surface area (Å²) < 4.78 is 0. The van der Waals surface area contributed by atoms with E-state index in [1.165, 1.54) is 57.9 Å². The molecule has 1 heteroatoms. The van der Waals surface area contributed by atoms with E-state index < -0.39 is 0 Å². The lowest BCUT2D eigenvalue weighted by Crippen LogP contribution is -2.31. The summed E-state index contributed by atoms with van der Waals surface area (Å²) in [4.78, 5) is 0. The maximum absolute atomic E-state index is 3.72. The maximum atomic E-state index is 3.72. The van der Waals surface area contributed by atoms with Gasteiger partial charge in [0.25, 0.3) is 0 Å². The molecule has 1 fully saturated rings. The predicted molar refractivity (Wildman–Crippen MR) is 63.6 cm³/mol. The lowest BCUT2D eigenvalue weighted by Gasteiger charge is -2.26. The fraction of sp³-hybridized carbons (Fsp3) is 1.00. The van der Waals surface area contributed by atoms with E-state index in [9.17, 15) is 0 Å². The van der Waals surface area contributed by atoms with E-state index in [0.29, 0.717) is 0 Å². The van der Waals surface area contributed by atoms with Crippen molar-refractivity contribution in [2.75, 3.05) is 6.54 Å². The average Bonchev–Trinajstić information content (AvgIpc) is 2.10. The largest absolute Gasteiger partial charge is 0.314 e. The molecule has 0 aromatic carbocycles. The molecule has 0 aromatic heterocycles. The predicted octanol–water partition coefficient (Wildman–Crippen LogP) is 3.74. The first-order chi connectivity index (χ1) is 6.86. The van der Waals surface area contributed by atoms with E-state index in [1.54, 1.807) is 0 Å². The lowest BCUT2D eigenvalue weighted by atomic mass is 9.83. The van der Waals surface area contributed by atoms with E-state index in [-0.39, 0.29) is 0 Å². The molecule has 0 aliphatic heterocycles. The van der Waals surface area contributed by atoms with Crippen LogP contribution in [0.5, 0.6) is 0 Å². The van der Waals surface area contributed by atoms with Crippen LogP contribution in [0.1, 0.15) is 65.2 Å². The molecule has 1 N–H and O–H groups in total. The highest BCUT2D eigenvalue weighted by molar-refractivity contribution is 4.72. The Labute approximate surface area is 89.7 Å². The van der Waals surface area contributed by atoms with Crippen molar-refractivity contribution in [3.05, 3.63) is 0 Å². The van der Waals surface area contributed by atoms with Crippen molar-refractivity contribution in [3.63, 3.8) is 0 Å². The second kappa shape index (κ2) is 7.28. The molecule has 1 aliphatic rings. The third kappa shape index (κ3) is 4.45. The summed E-state index contributed by atoms with van der Waals surface area (Å²) in [6, 6.07) is 0.796. The van der Waals surface area contributed by atoms with Crippen molar-refractivity contribution < 1.29 is 0 Å². The van der Waals surface area contributed by atoms with E-state index in [0.717, 1.165) is 12.0 Å². The van der Waals surface area contributed by atoms with Crippen LogP contribution in [0.2, 0.25) is 0 Å². The quantitative estimate of drug-likeness (QED) is 0.625. The molecule has 0 bridgehead atoms. The molecule has 0 atom stereocenters. The van der Waals surface area contributed by atoms with Gasteiger partial charge in [-0.3, -0.25) is 0 Å². The number of rotatable bonds is 8. The second-order valence-electron chi connectivity index (χ2n) is 4.81. The molecule has 84 valence electrons. The minimum atomic E-state index is 0.796. The van der Waals surface area contributed by atoms with Gasteiger partial charge in [-0.2, -0.15) is 0 Å². The van der Waals surface area contributed by atoms with E-state index in [4.69, 9.17) is 0 Å². The van der Waals surface area contributed by atoms with E-state index in [2.05, 4.69) is 19.2 Å². The number of hydrogen-bond donors (Lipinski definition) is 1. The highest BCUT2D eigenvalue weighted by Crippen LogP contribution is 2.28. The van der Waals surface area contributed by atoms with Crippen LogP contribution < -0.4 is 5.32 Å². The highest BCUT2D eigenvalue weighted by Gasteiger charge is 2.16. The summed E-state index contributed by atoms with van der Waals surface area (Å²) >= 11 is 0. The molecule has 0 saturated heterocycles. The molecule has 0 aromatic rings. The highest BCUT2D eigenvalue weighted by atomic mass is 14.9. The SMILES string of the molecule is CCCC(CCC)NCCC1CCC1. The Morgan fingerprint density at radius 3 is 2.21 bits per heavy atom. The van der Waals surface area contributed by atoms with Crippen LogP contribution in [0.25, 0.3) is 0 Å². The van der Waals surface area contributed by atoms with Crippen molar-refractivity contribution in [1.29, 1.82) is 0 Å². The Morgan fingerprint density at radius 2 is 1.79 bits per heavy atom. The molecular formula is C13H27N. The van der Waals surface area contributed by atoms with Crippen molar-refractivity contribution in [2.24, 2.45) is 5.92 Å².